The Morgan fingerprint density at radius 2 is 2.29 bits per heavy atom. The van der Waals surface area contributed by atoms with Crippen molar-refractivity contribution in [3.8, 4) is 0 Å². The Labute approximate surface area is 121 Å². The van der Waals surface area contributed by atoms with Gasteiger partial charge >= 0.3 is 0 Å². The summed E-state index contributed by atoms with van der Waals surface area (Å²) in [4.78, 5) is 9.44. The normalized spacial score (nSPS) is 19.6. The number of halogens is 1. The fraction of sp³-hybridized carbons (Fsp3) is 0.667. The van der Waals surface area contributed by atoms with E-state index in [-0.39, 0.29) is 0 Å². The third-order valence-corrected chi connectivity index (χ3v) is 5.39. The number of nitrogens with zero attached hydrogens (tertiary/aromatic N) is 2. The Kier molecular flexibility index (Phi) is 4.90. The molecule has 1 fully saturated rings. The van der Waals surface area contributed by atoms with Crippen LogP contribution in [0.4, 0.5) is 5.82 Å². The first-order valence-electron chi connectivity index (χ1n) is 6.12. The molecule has 0 spiro atoms. The molecule has 1 unspecified atom stereocenters. The molecule has 0 aliphatic carbocycles. The van der Waals surface area contributed by atoms with E-state index in [1.54, 1.807) is 0 Å². The highest BCUT2D eigenvalue weighted by molar-refractivity contribution is 14.1. The summed E-state index contributed by atoms with van der Waals surface area (Å²) in [6.07, 6.45) is 4.69. The fourth-order valence-corrected chi connectivity index (χ4v) is 3.99. The van der Waals surface area contributed by atoms with E-state index in [0.717, 1.165) is 24.5 Å². The number of rotatable bonds is 4. The van der Waals surface area contributed by atoms with Gasteiger partial charge in [-0.2, -0.15) is 11.8 Å². The number of hydrogen-bond acceptors (Lipinski definition) is 4. The number of anilines is 1. The Morgan fingerprint density at radius 1 is 1.47 bits per heavy atom. The molecule has 1 aromatic heterocycles. The summed E-state index contributed by atoms with van der Waals surface area (Å²) in [6.45, 7) is 2.20. The molecule has 0 amide bonds. The second-order valence-corrected chi connectivity index (χ2v) is 6.58. The first-order valence-corrected chi connectivity index (χ1v) is 8.24. The maximum atomic E-state index is 4.77. The van der Waals surface area contributed by atoms with Gasteiger partial charge in [-0.05, 0) is 47.6 Å². The highest BCUT2D eigenvalue weighted by atomic mass is 127. The van der Waals surface area contributed by atoms with E-state index in [2.05, 4.69) is 39.8 Å². The second kappa shape index (κ2) is 6.22. The summed E-state index contributed by atoms with van der Waals surface area (Å²) >= 11 is 4.34. The smallest absolute Gasteiger partial charge is 0.144 e. The second-order valence-electron chi connectivity index (χ2n) is 4.19. The molecule has 0 aromatic carbocycles. The van der Waals surface area contributed by atoms with E-state index >= 15 is 0 Å². The number of aryl methyl sites for hydroxylation is 1. The summed E-state index contributed by atoms with van der Waals surface area (Å²) in [6, 6.07) is 0. The molecule has 1 aliphatic heterocycles. The molecule has 5 heteroatoms. The van der Waals surface area contributed by atoms with Gasteiger partial charge in [-0.25, -0.2) is 9.97 Å². The number of hydrogen-bond donors (Lipinski definition) is 1. The van der Waals surface area contributed by atoms with Crippen LogP contribution >= 0.6 is 34.4 Å². The van der Waals surface area contributed by atoms with Gasteiger partial charge in [-0.15, -0.1) is 0 Å². The Morgan fingerprint density at radius 3 is 2.88 bits per heavy atom. The molecule has 0 saturated carbocycles. The van der Waals surface area contributed by atoms with Gasteiger partial charge in [0.05, 0.1) is 14.5 Å². The third-order valence-electron chi connectivity index (χ3n) is 2.88. The lowest BCUT2D eigenvalue weighted by Gasteiger charge is -2.13. The minimum atomic E-state index is 0.509. The highest BCUT2D eigenvalue weighted by Crippen LogP contribution is 2.39. The first-order chi connectivity index (χ1) is 8.26. The van der Waals surface area contributed by atoms with E-state index in [1.807, 2.05) is 18.8 Å². The molecule has 1 aliphatic rings. The molecule has 0 bridgehead atoms. The van der Waals surface area contributed by atoms with Gasteiger partial charge in [0.2, 0.25) is 0 Å². The van der Waals surface area contributed by atoms with Crippen LogP contribution in [0.1, 0.15) is 43.0 Å². The van der Waals surface area contributed by atoms with Crippen LogP contribution in [0.15, 0.2) is 0 Å². The average molecular weight is 363 g/mol. The minimum Gasteiger partial charge on any atom is -0.372 e. The van der Waals surface area contributed by atoms with Gasteiger partial charge in [0.1, 0.15) is 11.6 Å². The topological polar surface area (TPSA) is 37.8 Å². The molecule has 17 heavy (non-hydrogen) atoms. The third kappa shape index (κ3) is 3.05. The molecule has 1 N–H and O–H groups in total. The minimum absolute atomic E-state index is 0.509. The zero-order valence-electron chi connectivity index (χ0n) is 10.3. The molecule has 1 atom stereocenters. The van der Waals surface area contributed by atoms with Gasteiger partial charge in [-0.1, -0.05) is 13.3 Å². The number of thioether (sulfide) groups is 1. The summed E-state index contributed by atoms with van der Waals surface area (Å²) in [7, 11) is 1.94. The van der Waals surface area contributed by atoms with Crippen LogP contribution < -0.4 is 5.32 Å². The van der Waals surface area contributed by atoms with Crippen LogP contribution in [0.25, 0.3) is 0 Å². The van der Waals surface area contributed by atoms with Crippen molar-refractivity contribution in [2.45, 2.75) is 37.9 Å². The standard InChI is InChI=1S/C12H18IN3S/c1-3-5-8-10(13)12(14-2)16-11(15-8)9-6-4-7-17-9/h9H,3-7H2,1-2H3,(H,14,15,16). The largest absolute Gasteiger partial charge is 0.372 e. The summed E-state index contributed by atoms with van der Waals surface area (Å²) in [5, 5.41) is 3.70. The SMILES string of the molecule is CCCc1nc(C2CCCS2)nc(NC)c1I. The summed E-state index contributed by atoms with van der Waals surface area (Å²) in [5.41, 5.74) is 1.20. The molecular formula is C12H18IN3S. The molecule has 0 radical (unpaired) electrons. The van der Waals surface area contributed by atoms with Crippen molar-refractivity contribution in [1.29, 1.82) is 0 Å². The summed E-state index contributed by atoms with van der Waals surface area (Å²) in [5.74, 6) is 3.27. The van der Waals surface area contributed by atoms with Gasteiger partial charge in [0, 0.05) is 7.05 Å². The Bertz CT molecular complexity index is 392. The van der Waals surface area contributed by atoms with Crippen LogP contribution in [0.5, 0.6) is 0 Å². The zero-order valence-corrected chi connectivity index (χ0v) is 13.3. The maximum Gasteiger partial charge on any atom is 0.144 e. The number of aromatic nitrogens is 2. The fourth-order valence-electron chi connectivity index (χ4n) is 2.01. The molecule has 94 valence electrons. The van der Waals surface area contributed by atoms with E-state index < -0.39 is 0 Å². The summed E-state index contributed by atoms with van der Waals surface area (Å²) < 4.78 is 1.18. The molecule has 1 aromatic rings. The quantitative estimate of drug-likeness (QED) is 0.829. The van der Waals surface area contributed by atoms with Gasteiger partial charge < -0.3 is 5.32 Å². The lowest BCUT2D eigenvalue weighted by Crippen LogP contribution is -2.09. The molecule has 2 rings (SSSR count). The van der Waals surface area contributed by atoms with Crippen LogP contribution in [-0.2, 0) is 6.42 Å². The first kappa shape index (κ1) is 13.4. The van der Waals surface area contributed by atoms with Crippen LogP contribution in [0.2, 0.25) is 0 Å². The van der Waals surface area contributed by atoms with Crippen molar-refractivity contribution in [3.63, 3.8) is 0 Å². The Hall–Kier alpha value is -0.0400. The lowest BCUT2D eigenvalue weighted by atomic mass is 10.2. The van der Waals surface area contributed by atoms with Crippen LogP contribution in [-0.4, -0.2) is 22.8 Å². The van der Waals surface area contributed by atoms with Crippen molar-refractivity contribution in [2.75, 3.05) is 18.1 Å². The molecule has 3 nitrogen and oxygen atoms in total. The van der Waals surface area contributed by atoms with Crippen molar-refractivity contribution in [2.24, 2.45) is 0 Å². The monoisotopic (exact) mass is 363 g/mol. The van der Waals surface area contributed by atoms with Gasteiger partial charge in [0.15, 0.2) is 0 Å². The molecular weight excluding hydrogens is 345 g/mol. The van der Waals surface area contributed by atoms with Crippen molar-refractivity contribution in [3.05, 3.63) is 15.1 Å². The van der Waals surface area contributed by atoms with E-state index in [1.165, 1.54) is 27.9 Å². The van der Waals surface area contributed by atoms with Crippen LogP contribution in [0.3, 0.4) is 0 Å². The van der Waals surface area contributed by atoms with Gasteiger partial charge in [0.25, 0.3) is 0 Å². The van der Waals surface area contributed by atoms with E-state index in [0.29, 0.717) is 5.25 Å². The average Bonchev–Trinajstić information content (AvgIpc) is 2.85. The maximum absolute atomic E-state index is 4.77. The van der Waals surface area contributed by atoms with E-state index in [4.69, 9.17) is 4.98 Å². The molecule has 1 saturated heterocycles. The van der Waals surface area contributed by atoms with Gasteiger partial charge in [-0.3, -0.25) is 0 Å². The van der Waals surface area contributed by atoms with Crippen LogP contribution in [0, 0.1) is 3.57 Å². The van der Waals surface area contributed by atoms with E-state index in [9.17, 15) is 0 Å². The van der Waals surface area contributed by atoms with Crippen molar-refractivity contribution < 1.29 is 0 Å². The number of nitrogens with one attached hydrogen (secondary N) is 1. The van der Waals surface area contributed by atoms with Crippen molar-refractivity contribution >= 4 is 40.2 Å². The predicted octanol–water partition coefficient (Wildman–Crippen LogP) is 3.64. The molecule has 2 heterocycles. The lowest BCUT2D eigenvalue weighted by molar-refractivity contribution is 0.755. The van der Waals surface area contributed by atoms with Crippen molar-refractivity contribution in [1.82, 2.24) is 9.97 Å². The predicted molar refractivity (Wildman–Crippen MR) is 82.7 cm³/mol. The zero-order chi connectivity index (χ0) is 12.3. The Balaban J connectivity index is 2.35. The highest BCUT2D eigenvalue weighted by Gasteiger charge is 2.22.